The number of aromatic nitrogens is 2. The molecule has 4 nitrogen and oxygen atoms in total. The molecule has 0 amide bonds. The predicted molar refractivity (Wildman–Crippen MR) is 210 cm³/mol. The number of nitrogens with zero attached hydrogens (tertiary/aromatic N) is 3. The zero-order valence-corrected chi connectivity index (χ0v) is 35.7. The number of Topliss-reactive ketones (excluding diaryl/α,β-unsaturated/α-hetero) is 1. The number of hydrogen-bond donors (Lipinski definition) is 0. The molecule has 0 aliphatic rings. The first-order valence-electron chi connectivity index (χ1n) is 19.7. The van der Waals surface area contributed by atoms with Crippen LogP contribution in [0.4, 0.5) is 105 Å². The maximum Gasteiger partial charge on any atom is 0.416 e. The molecule has 0 bridgehead atoms. The lowest BCUT2D eigenvalue weighted by atomic mass is 9.12. The molecular formula is C45H22BF24N3O. The normalized spacial score (nSPS) is 13.2. The van der Waals surface area contributed by atoms with Crippen molar-refractivity contribution in [2.75, 3.05) is 0 Å². The van der Waals surface area contributed by atoms with E-state index < -0.39 is 195 Å². The average molecular weight is 1090 g/mol. The third-order valence-electron chi connectivity index (χ3n) is 10.8. The van der Waals surface area contributed by atoms with Crippen molar-refractivity contribution in [2.45, 2.75) is 56.0 Å². The number of carbonyl (C=O) groups excluding carboxylic acids is 1. The number of nitriles is 1. The van der Waals surface area contributed by atoms with Gasteiger partial charge in [0.1, 0.15) is 6.15 Å². The highest BCUT2D eigenvalue weighted by Crippen LogP contribution is 2.41. The molecule has 6 aromatic rings. The standard InChI is InChI=1S/C32H12BF24.C13H10N3O/c34-25(35,36)13-1-14(26(37,38)39)6-21(5-13)33(22-7-15(27(40,41)42)2-16(8-22)28(43,44)45,23-9-17(29(46,47)48)3-18(10-23)30(49,50)51)24-11-19(31(52,53)54)4-20(12-24)32(55,56)57;14-9-11-1-3-12(4-2-11)13(17)10-16-7-5-15-6-8-16/h1-12H;1-8H,10H2/q-1;+1. The van der Waals surface area contributed by atoms with Gasteiger partial charge < -0.3 is 0 Å². The number of hydrogen-bond acceptors (Lipinski definition) is 3. The van der Waals surface area contributed by atoms with E-state index in [1.165, 1.54) is 0 Å². The first kappa shape index (κ1) is 57.6. The van der Waals surface area contributed by atoms with Gasteiger partial charge in [-0.25, -0.2) is 0 Å². The summed E-state index contributed by atoms with van der Waals surface area (Å²) < 4.78 is 343. The smallest absolute Gasteiger partial charge is 0.287 e. The molecule has 1 aromatic heterocycles. The molecule has 0 atom stereocenters. The van der Waals surface area contributed by atoms with E-state index in [-0.39, 0.29) is 12.3 Å². The van der Waals surface area contributed by atoms with E-state index in [1.54, 1.807) is 53.6 Å². The minimum Gasteiger partial charge on any atom is -0.287 e. The second-order valence-corrected chi connectivity index (χ2v) is 15.8. The lowest BCUT2D eigenvalue weighted by molar-refractivity contribution is -0.683. The quantitative estimate of drug-likeness (QED) is 0.0693. The van der Waals surface area contributed by atoms with Crippen molar-refractivity contribution in [1.82, 2.24) is 4.98 Å². The maximum absolute atomic E-state index is 14.2. The molecule has 0 saturated carbocycles. The highest BCUT2D eigenvalue weighted by molar-refractivity contribution is 7.20. The Morgan fingerprint density at radius 2 is 0.635 bits per heavy atom. The highest BCUT2D eigenvalue weighted by Gasteiger charge is 2.47. The van der Waals surface area contributed by atoms with E-state index in [0.29, 0.717) is 11.1 Å². The van der Waals surface area contributed by atoms with Crippen molar-refractivity contribution >= 4 is 33.8 Å². The Bertz CT molecular complexity index is 2610. The van der Waals surface area contributed by atoms with Gasteiger partial charge in [-0.15, -0.1) is 0 Å². The van der Waals surface area contributed by atoms with E-state index in [9.17, 15) is 110 Å². The van der Waals surface area contributed by atoms with Gasteiger partial charge in [0.25, 0.3) is 0 Å². The van der Waals surface area contributed by atoms with Crippen LogP contribution in [-0.4, -0.2) is 16.9 Å². The Balaban J connectivity index is 0.000000500. The van der Waals surface area contributed by atoms with Crippen molar-refractivity contribution in [3.63, 3.8) is 0 Å². The van der Waals surface area contributed by atoms with Gasteiger partial charge in [0.2, 0.25) is 12.3 Å². The average Bonchev–Trinajstić information content (AvgIpc) is 3.27. The van der Waals surface area contributed by atoms with Crippen LogP contribution >= 0.6 is 0 Å². The molecule has 0 saturated heterocycles. The number of alkyl halides is 24. The topological polar surface area (TPSA) is 57.6 Å². The molecule has 0 fully saturated rings. The molecule has 5 aromatic carbocycles. The molecular weight excluding hydrogens is 1070 g/mol. The van der Waals surface area contributed by atoms with Crippen LogP contribution in [0.25, 0.3) is 0 Å². The Hall–Kier alpha value is -7.28. The molecule has 0 unspecified atom stereocenters. The van der Waals surface area contributed by atoms with Gasteiger partial charge in [0.05, 0.1) is 68.5 Å². The van der Waals surface area contributed by atoms with Crippen molar-refractivity contribution in [3.05, 3.63) is 177 Å². The number of halogens is 24. The predicted octanol–water partition coefficient (Wildman–Crippen LogP) is 12.3. The number of carbonyl (C=O) groups is 1. The van der Waals surface area contributed by atoms with Crippen LogP contribution in [-0.2, 0) is 56.0 Å². The molecule has 29 heteroatoms. The van der Waals surface area contributed by atoms with Gasteiger partial charge >= 0.3 is 49.4 Å². The van der Waals surface area contributed by atoms with Gasteiger partial charge in [-0.3, -0.25) is 9.78 Å². The zero-order chi connectivity index (χ0) is 56.0. The van der Waals surface area contributed by atoms with E-state index in [4.69, 9.17) is 5.26 Å². The summed E-state index contributed by atoms with van der Waals surface area (Å²) in [5, 5.41) is 8.66. The van der Waals surface area contributed by atoms with Crippen LogP contribution in [0.1, 0.15) is 60.4 Å². The summed E-state index contributed by atoms with van der Waals surface area (Å²) in [6.45, 7) is 0.272. The summed E-state index contributed by atoms with van der Waals surface area (Å²) in [5.41, 5.74) is -29.0. The van der Waals surface area contributed by atoms with Crippen molar-refractivity contribution < 1.29 is 115 Å². The zero-order valence-electron chi connectivity index (χ0n) is 35.7. The Kier molecular flexibility index (Phi) is 15.5. The summed E-state index contributed by atoms with van der Waals surface area (Å²) >= 11 is 0. The van der Waals surface area contributed by atoms with Crippen LogP contribution in [0.5, 0.6) is 0 Å². The monoisotopic (exact) mass is 1090 g/mol. The second-order valence-electron chi connectivity index (χ2n) is 15.8. The van der Waals surface area contributed by atoms with Gasteiger partial charge in [0, 0.05) is 5.56 Å². The van der Waals surface area contributed by atoms with Crippen LogP contribution in [0, 0.1) is 11.3 Å². The Morgan fingerprint density at radius 3 is 0.838 bits per heavy atom. The fraction of sp³-hybridized carbons (Fsp3) is 0.200. The van der Waals surface area contributed by atoms with Crippen LogP contribution < -0.4 is 26.4 Å². The summed E-state index contributed by atoms with van der Waals surface area (Å²) in [6, 6.07) is -0.167. The lowest BCUT2D eigenvalue weighted by Crippen LogP contribution is -2.75. The summed E-state index contributed by atoms with van der Waals surface area (Å²) in [5.74, 6) is 0.00527. The fourth-order valence-corrected chi connectivity index (χ4v) is 7.51. The van der Waals surface area contributed by atoms with E-state index in [1.807, 2.05) is 6.07 Å². The molecule has 0 aliphatic carbocycles. The third kappa shape index (κ3) is 13.3. The molecule has 1 heterocycles. The highest BCUT2D eigenvalue weighted by atomic mass is 19.4. The van der Waals surface area contributed by atoms with Crippen LogP contribution in [0.2, 0.25) is 0 Å². The summed E-state index contributed by atoms with van der Waals surface area (Å²) in [6.07, 6.45) is -48.1. The maximum atomic E-state index is 14.2. The second kappa shape index (κ2) is 19.9. The minimum atomic E-state index is -6.13. The number of benzene rings is 5. The van der Waals surface area contributed by atoms with Crippen molar-refractivity contribution in [1.29, 1.82) is 5.26 Å². The van der Waals surface area contributed by atoms with Gasteiger partial charge in [0.15, 0.2) is 12.4 Å². The SMILES string of the molecule is FC(F)(F)c1cc([B-](c2cc(C(F)(F)F)cc(C(F)(F)F)c2)(c2cc(C(F)(F)F)cc(C(F)(F)F)c2)c2cc(C(F)(F)F)cc(C(F)(F)F)c2)cc(C(F)(F)F)c1.N#Cc1ccc(C(=O)C[n+]2ccncc2)cc1. The Morgan fingerprint density at radius 1 is 0.405 bits per heavy atom. The van der Waals surface area contributed by atoms with Gasteiger partial charge in [-0.1, -0.05) is 48.5 Å². The van der Waals surface area contributed by atoms with Crippen molar-refractivity contribution in [3.8, 4) is 6.07 Å². The molecule has 0 aliphatic heterocycles. The first-order chi connectivity index (χ1) is 33.6. The first-order valence-corrected chi connectivity index (χ1v) is 19.7. The molecule has 0 N–H and O–H groups in total. The largest absolute Gasteiger partial charge is 0.416 e. The molecule has 74 heavy (non-hydrogen) atoms. The molecule has 0 radical (unpaired) electrons. The fourth-order valence-electron chi connectivity index (χ4n) is 7.51. The summed E-state index contributed by atoms with van der Waals surface area (Å²) in [7, 11) is 0. The molecule has 6 rings (SSSR count). The van der Waals surface area contributed by atoms with Gasteiger partial charge in [-0.2, -0.15) is 137 Å². The third-order valence-corrected chi connectivity index (χ3v) is 10.8. The van der Waals surface area contributed by atoms with E-state index >= 15 is 0 Å². The number of rotatable bonds is 7. The lowest BCUT2D eigenvalue weighted by Gasteiger charge is -2.46. The van der Waals surface area contributed by atoms with Gasteiger partial charge in [-0.05, 0) is 48.5 Å². The van der Waals surface area contributed by atoms with Crippen molar-refractivity contribution in [2.24, 2.45) is 0 Å². The molecule has 394 valence electrons. The summed E-state index contributed by atoms with van der Waals surface area (Å²) in [4.78, 5) is 15.8. The Labute approximate surface area is 398 Å². The van der Waals surface area contributed by atoms with E-state index in [2.05, 4.69) is 4.98 Å². The number of ketones is 1. The van der Waals surface area contributed by atoms with Crippen LogP contribution in [0.3, 0.4) is 0 Å². The van der Waals surface area contributed by atoms with Crippen LogP contribution in [0.15, 0.2) is 122 Å². The van der Waals surface area contributed by atoms with E-state index in [0.717, 1.165) is 0 Å². The minimum absolute atomic E-state index is 0.00527. The molecule has 0 spiro atoms.